The first-order valence-electron chi connectivity index (χ1n) is 13.0. The summed E-state index contributed by atoms with van der Waals surface area (Å²) in [5, 5.41) is 6.55. The van der Waals surface area contributed by atoms with Crippen molar-refractivity contribution in [3.63, 3.8) is 0 Å². The van der Waals surface area contributed by atoms with Crippen LogP contribution in [0.2, 0.25) is 0 Å². The van der Waals surface area contributed by atoms with Gasteiger partial charge in [-0.05, 0) is 48.2 Å². The van der Waals surface area contributed by atoms with Gasteiger partial charge in [0.2, 0.25) is 0 Å². The summed E-state index contributed by atoms with van der Waals surface area (Å²) in [6, 6.07) is 12.6. The number of carbonyl (C=O) groups is 1. The second-order valence-electron chi connectivity index (χ2n) is 10.4. The number of nitrogens with one attached hydrogen (secondary N) is 2. The summed E-state index contributed by atoms with van der Waals surface area (Å²) in [4.78, 5) is 19.0. The Labute approximate surface area is 224 Å². The third kappa shape index (κ3) is 7.97. The number of carbonyl (C=O) groups excluding carboxylic acids is 1. The molecule has 9 nitrogen and oxygen atoms in total. The van der Waals surface area contributed by atoms with Crippen LogP contribution in [-0.4, -0.2) is 69.0 Å². The van der Waals surface area contributed by atoms with E-state index in [-0.39, 0.29) is 11.4 Å². The zero-order valence-electron chi connectivity index (χ0n) is 22.7. The lowest BCUT2D eigenvalue weighted by atomic mass is 9.92. The number of pyridine rings is 1. The van der Waals surface area contributed by atoms with Gasteiger partial charge >= 0.3 is 6.03 Å². The lowest BCUT2D eigenvalue weighted by Crippen LogP contribution is -2.38. The van der Waals surface area contributed by atoms with Gasteiger partial charge < -0.3 is 29.6 Å². The molecule has 4 rings (SSSR count). The van der Waals surface area contributed by atoms with Crippen LogP contribution in [-0.2, 0) is 4.74 Å². The molecule has 1 aliphatic rings. The molecular formula is C29H38N4O5. The zero-order valence-corrected chi connectivity index (χ0v) is 22.7. The molecule has 2 heterocycles. The van der Waals surface area contributed by atoms with Gasteiger partial charge in [0.25, 0.3) is 0 Å². The number of amides is 2. The fourth-order valence-electron chi connectivity index (χ4n) is 4.06. The second kappa shape index (κ2) is 12.8. The maximum atomic E-state index is 12.2. The molecule has 2 aromatic carbocycles. The summed E-state index contributed by atoms with van der Waals surface area (Å²) in [5.41, 5.74) is 1.60. The Hall–Kier alpha value is -3.56. The molecule has 1 aromatic heterocycles. The average Bonchev–Trinajstić information content (AvgIpc) is 2.89. The molecule has 1 fully saturated rings. The van der Waals surface area contributed by atoms with Crippen LogP contribution in [0.3, 0.4) is 0 Å². The number of urea groups is 1. The minimum Gasteiger partial charge on any atom is -0.493 e. The van der Waals surface area contributed by atoms with Crippen LogP contribution in [0.1, 0.15) is 27.2 Å². The van der Waals surface area contributed by atoms with Crippen LogP contribution in [0.4, 0.5) is 10.5 Å². The lowest BCUT2D eigenvalue weighted by Gasteiger charge is -2.26. The Kier molecular flexibility index (Phi) is 9.25. The van der Waals surface area contributed by atoms with E-state index in [1.165, 1.54) is 0 Å². The van der Waals surface area contributed by atoms with E-state index in [1.807, 2.05) is 42.5 Å². The Morgan fingerprint density at radius 3 is 2.53 bits per heavy atom. The Morgan fingerprint density at radius 1 is 1.05 bits per heavy atom. The van der Waals surface area contributed by atoms with Crippen molar-refractivity contribution in [1.29, 1.82) is 0 Å². The first-order valence-corrected chi connectivity index (χ1v) is 13.0. The number of nitrogens with zero attached hydrogens (tertiary/aromatic N) is 2. The normalized spacial score (nSPS) is 14.2. The molecule has 2 amide bonds. The fourth-order valence-corrected chi connectivity index (χ4v) is 4.06. The first kappa shape index (κ1) is 27.5. The van der Waals surface area contributed by atoms with Crippen molar-refractivity contribution in [3.05, 3.63) is 48.7 Å². The molecule has 3 aromatic rings. The molecule has 1 aliphatic heterocycles. The molecule has 9 heteroatoms. The number of hydrogen-bond acceptors (Lipinski definition) is 7. The predicted molar refractivity (Wildman–Crippen MR) is 149 cm³/mol. The quantitative estimate of drug-likeness (QED) is 0.373. The van der Waals surface area contributed by atoms with Gasteiger partial charge in [0, 0.05) is 49.5 Å². The molecule has 204 valence electrons. The molecule has 1 saturated heterocycles. The van der Waals surface area contributed by atoms with Gasteiger partial charge in [-0.1, -0.05) is 20.8 Å². The summed E-state index contributed by atoms with van der Waals surface area (Å²) in [7, 11) is 1.62. The lowest BCUT2D eigenvalue weighted by molar-refractivity contribution is 0.0321. The Morgan fingerprint density at radius 2 is 1.82 bits per heavy atom. The molecule has 0 unspecified atom stereocenters. The van der Waals surface area contributed by atoms with E-state index in [0.717, 1.165) is 50.2 Å². The monoisotopic (exact) mass is 522 g/mol. The van der Waals surface area contributed by atoms with E-state index >= 15 is 0 Å². The van der Waals surface area contributed by atoms with Crippen molar-refractivity contribution in [1.82, 2.24) is 15.2 Å². The molecule has 0 aliphatic carbocycles. The number of benzene rings is 2. The molecular weight excluding hydrogens is 484 g/mol. The van der Waals surface area contributed by atoms with Crippen molar-refractivity contribution >= 4 is 22.6 Å². The van der Waals surface area contributed by atoms with E-state index in [4.69, 9.17) is 18.9 Å². The van der Waals surface area contributed by atoms with Gasteiger partial charge in [-0.3, -0.25) is 9.88 Å². The highest BCUT2D eigenvalue weighted by Crippen LogP contribution is 2.37. The number of aromatic nitrogens is 1. The van der Waals surface area contributed by atoms with Crippen molar-refractivity contribution in [2.24, 2.45) is 5.41 Å². The molecule has 0 bridgehead atoms. The topological polar surface area (TPSA) is 94.2 Å². The third-order valence-electron chi connectivity index (χ3n) is 6.26. The van der Waals surface area contributed by atoms with Gasteiger partial charge in [0.15, 0.2) is 11.5 Å². The van der Waals surface area contributed by atoms with Crippen LogP contribution in [0.15, 0.2) is 48.7 Å². The van der Waals surface area contributed by atoms with Crippen LogP contribution >= 0.6 is 0 Å². The number of ether oxygens (including phenoxy) is 4. The third-order valence-corrected chi connectivity index (χ3v) is 6.26. The van der Waals surface area contributed by atoms with Crippen molar-refractivity contribution in [3.8, 4) is 23.0 Å². The molecule has 0 atom stereocenters. The first-order chi connectivity index (χ1) is 18.3. The highest BCUT2D eigenvalue weighted by atomic mass is 16.5. The van der Waals surface area contributed by atoms with Crippen LogP contribution in [0.5, 0.6) is 23.0 Å². The average molecular weight is 523 g/mol. The zero-order chi connectivity index (χ0) is 27.0. The minimum absolute atomic E-state index is 0.172. The van der Waals surface area contributed by atoms with E-state index in [2.05, 4.69) is 41.3 Å². The highest BCUT2D eigenvalue weighted by molar-refractivity contribution is 5.89. The molecule has 0 saturated carbocycles. The van der Waals surface area contributed by atoms with Gasteiger partial charge in [0.05, 0.1) is 25.8 Å². The summed E-state index contributed by atoms with van der Waals surface area (Å²) < 4.78 is 23.2. The number of rotatable bonds is 10. The standard InChI is InChI=1S/C29H38N4O5/c1-29(2,3)10-12-31-28(34)32-21-5-7-22(8-6-21)38-25-9-11-30-24-20-27(26(35-4)19-23(24)25)37-18-15-33-13-16-36-17-14-33/h5-9,11,19-20H,10,12-18H2,1-4H3,(H2,31,32,34). The van der Waals surface area contributed by atoms with Crippen LogP contribution in [0, 0.1) is 5.41 Å². The maximum absolute atomic E-state index is 12.2. The van der Waals surface area contributed by atoms with Crippen molar-refractivity contribution < 1.29 is 23.7 Å². The Bertz CT molecular complexity index is 1200. The van der Waals surface area contributed by atoms with Crippen molar-refractivity contribution in [2.45, 2.75) is 27.2 Å². The number of morpholine rings is 1. The molecule has 0 spiro atoms. The van der Waals surface area contributed by atoms with Gasteiger partial charge in [-0.2, -0.15) is 0 Å². The molecule has 38 heavy (non-hydrogen) atoms. The SMILES string of the molecule is COc1cc2c(Oc3ccc(NC(=O)NCCC(C)(C)C)cc3)ccnc2cc1OCCN1CCOCC1. The second-order valence-corrected chi connectivity index (χ2v) is 10.4. The van der Waals surface area contributed by atoms with Crippen LogP contribution < -0.4 is 24.8 Å². The highest BCUT2D eigenvalue weighted by Gasteiger charge is 2.15. The minimum atomic E-state index is -0.224. The smallest absolute Gasteiger partial charge is 0.319 e. The van der Waals surface area contributed by atoms with Gasteiger partial charge in [0.1, 0.15) is 18.1 Å². The van der Waals surface area contributed by atoms with Crippen molar-refractivity contribution in [2.75, 3.05) is 58.4 Å². The van der Waals surface area contributed by atoms with E-state index in [9.17, 15) is 4.79 Å². The number of fused-ring (bicyclic) bond motifs is 1. The van der Waals surface area contributed by atoms with Gasteiger partial charge in [-0.15, -0.1) is 0 Å². The Balaban J connectivity index is 1.38. The maximum Gasteiger partial charge on any atom is 0.319 e. The largest absolute Gasteiger partial charge is 0.493 e. The van der Waals surface area contributed by atoms with E-state index in [0.29, 0.717) is 41.8 Å². The van der Waals surface area contributed by atoms with E-state index < -0.39 is 0 Å². The number of hydrogen-bond donors (Lipinski definition) is 2. The summed E-state index contributed by atoms with van der Waals surface area (Å²) in [6.07, 6.45) is 2.61. The summed E-state index contributed by atoms with van der Waals surface area (Å²) in [6.45, 7) is 11.8. The van der Waals surface area contributed by atoms with E-state index in [1.54, 1.807) is 13.3 Å². The number of methoxy groups -OCH3 is 1. The summed E-state index contributed by atoms with van der Waals surface area (Å²) >= 11 is 0. The predicted octanol–water partition coefficient (Wildman–Crippen LogP) is 5.30. The molecule has 0 radical (unpaired) electrons. The van der Waals surface area contributed by atoms with Gasteiger partial charge in [-0.25, -0.2) is 4.79 Å². The van der Waals surface area contributed by atoms with Crippen LogP contribution in [0.25, 0.3) is 10.9 Å². The molecule has 2 N–H and O–H groups in total. The fraction of sp³-hybridized carbons (Fsp3) is 0.448. The number of anilines is 1. The summed E-state index contributed by atoms with van der Waals surface area (Å²) in [5.74, 6) is 2.55.